The molecule has 2 aromatic rings. The Morgan fingerprint density at radius 3 is 2.53 bits per heavy atom. The van der Waals surface area contributed by atoms with E-state index in [0.29, 0.717) is 0 Å². The van der Waals surface area contributed by atoms with Gasteiger partial charge in [-0.3, -0.25) is 5.32 Å². The highest BCUT2D eigenvalue weighted by atomic mass is 32.2. The number of nitrogen functional groups attached to an aromatic ring is 2. The van der Waals surface area contributed by atoms with Gasteiger partial charge in [0, 0.05) is 5.56 Å². The molecule has 0 aliphatic carbocycles. The van der Waals surface area contributed by atoms with Crippen molar-refractivity contribution in [2.75, 3.05) is 16.8 Å². The molecule has 6 N–H and O–H groups in total. The minimum absolute atomic E-state index is 0.00229. The van der Waals surface area contributed by atoms with Gasteiger partial charge >= 0.3 is 5.51 Å². The van der Waals surface area contributed by atoms with Crippen LogP contribution in [0.25, 0.3) is 0 Å². The summed E-state index contributed by atoms with van der Waals surface area (Å²) in [6, 6.07) is 4.61. The fourth-order valence-electron chi connectivity index (χ4n) is 2.81. The third-order valence-corrected chi connectivity index (χ3v) is 5.63. The maximum atomic E-state index is 13.0. The standard InChI is InChI=1S/C16H11F3N8O2S/c17-16(18,19)30(28,29)8-3-1-2-7(4-8)12-10-11(22)9(5-20)13(23)26-14(10)27-15(25-12)24-6-21/h1-4,12H,(H6,22,23,24,25,26,27). The van der Waals surface area contributed by atoms with E-state index in [0.717, 1.165) is 18.2 Å². The molecule has 3 rings (SSSR count). The number of fused-ring (bicyclic) bond motifs is 1. The van der Waals surface area contributed by atoms with E-state index in [9.17, 15) is 26.9 Å². The molecule has 1 unspecified atom stereocenters. The second kappa shape index (κ2) is 7.09. The van der Waals surface area contributed by atoms with Gasteiger partial charge in [-0.25, -0.2) is 18.4 Å². The molecule has 1 aromatic heterocycles. The second-order valence-electron chi connectivity index (χ2n) is 5.92. The van der Waals surface area contributed by atoms with Gasteiger partial charge in [-0.2, -0.15) is 23.7 Å². The summed E-state index contributed by atoms with van der Waals surface area (Å²) in [4.78, 5) is 7.16. The van der Waals surface area contributed by atoms with E-state index >= 15 is 0 Å². The molecule has 1 aliphatic heterocycles. The molecule has 0 saturated carbocycles. The smallest absolute Gasteiger partial charge is 0.397 e. The normalized spacial score (nSPS) is 15.8. The summed E-state index contributed by atoms with van der Waals surface area (Å²) in [6.07, 6.45) is 1.62. The van der Waals surface area contributed by atoms with E-state index in [1.54, 1.807) is 12.3 Å². The Hall–Kier alpha value is -4.04. The lowest BCUT2D eigenvalue weighted by Gasteiger charge is -2.26. The molecule has 2 heterocycles. The number of hydrogen-bond donors (Lipinski definition) is 4. The lowest BCUT2D eigenvalue weighted by Crippen LogP contribution is -2.33. The average Bonchev–Trinajstić information content (AvgIpc) is 2.67. The van der Waals surface area contributed by atoms with Crippen LogP contribution in [0.1, 0.15) is 22.7 Å². The number of nitrogens with two attached hydrogens (primary N) is 2. The first-order valence-corrected chi connectivity index (χ1v) is 9.39. The molecule has 30 heavy (non-hydrogen) atoms. The highest BCUT2D eigenvalue weighted by Crippen LogP contribution is 2.41. The number of halogens is 3. The van der Waals surface area contributed by atoms with Gasteiger partial charge in [0.2, 0.25) is 5.96 Å². The van der Waals surface area contributed by atoms with Crippen molar-refractivity contribution in [2.24, 2.45) is 4.99 Å². The lowest BCUT2D eigenvalue weighted by atomic mass is 9.95. The Balaban J connectivity index is 2.26. The topological polar surface area (TPSA) is 183 Å². The van der Waals surface area contributed by atoms with Gasteiger partial charge < -0.3 is 16.8 Å². The highest BCUT2D eigenvalue weighted by molar-refractivity contribution is 7.92. The molecule has 14 heteroatoms. The first-order valence-electron chi connectivity index (χ1n) is 7.91. The van der Waals surface area contributed by atoms with Crippen LogP contribution in [-0.4, -0.2) is 24.9 Å². The number of rotatable bonds is 2. The fourth-order valence-corrected chi connectivity index (χ4v) is 3.62. The van der Waals surface area contributed by atoms with Crippen LogP contribution in [0.5, 0.6) is 0 Å². The Bertz CT molecular complexity index is 1260. The summed E-state index contributed by atoms with van der Waals surface area (Å²) in [7, 11) is -5.62. The number of anilines is 3. The molecule has 1 aliphatic rings. The zero-order valence-corrected chi connectivity index (χ0v) is 15.5. The number of nitrogens with zero attached hydrogens (tertiary/aromatic N) is 4. The quantitative estimate of drug-likeness (QED) is 0.399. The van der Waals surface area contributed by atoms with Crippen molar-refractivity contribution in [3.63, 3.8) is 0 Å². The number of pyridine rings is 1. The number of benzene rings is 1. The molecule has 154 valence electrons. The molecule has 1 aromatic carbocycles. The first kappa shape index (κ1) is 20.7. The Labute approximate surface area is 167 Å². The van der Waals surface area contributed by atoms with Crippen LogP contribution in [0.4, 0.5) is 30.5 Å². The van der Waals surface area contributed by atoms with E-state index in [1.165, 1.54) is 6.07 Å². The number of alkyl halides is 3. The van der Waals surface area contributed by atoms with Crippen LogP contribution in [0, 0.1) is 22.8 Å². The summed E-state index contributed by atoms with van der Waals surface area (Å²) in [5, 5.41) is 23.0. The van der Waals surface area contributed by atoms with Crippen LogP contribution in [0.15, 0.2) is 34.2 Å². The summed E-state index contributed by atoms with van der Waals surface area (Å²) < 4.78 is 62.4. The van der Waals surface area contributed by atoms with Gasteiger partial charge in [0.25, 0.3) is 9.84 Å². The van der Waals surface area contributed by atoms with E-state index in [2.05, 4.69) is 20.6 Å². The molecule has 1 atom stereocenters. The summed E-state index contributed by atoms with van der Waals surface area (Å²) in [5.74, 6) is -0.340. The highest BCUT2D eigenvalue weighted by Gasteiger charge is 2.47. The SMILES string of the molecule is N#CNC1=NC(c2cccc(S(=O)(=O)C(F)(F)F)c2)c2c(nc(N)c(C#N)c2N)N1. The van der Waals surface area contributed by atoms with Crippen molar-refractivity contribution in [1.29, 1.82) is 10.5 Å². The molecular weight excluding hydrogens is 425 g/mol. The third kappa shape index (κ3) is 3.29. The third-order valence-electron chi connectivity index (χ3n) is 4.15. The zero-order chi connectivity index (χ0) is 22.3. The molecule has 0 fully saturated rings. The zero-order valence-electron chi connectivity index (χ0n) is 14.7. The van der Waals surface area contributed by atoms with E-state index in [1.807, 2.05) is 0 Å². The minimum atomic E-state index is -5.62. The Kier molecular flexibility index (Phi) is 4.89. The number of guanidine groups is 1. The average molecular weight is 436 g/mol. The Morgan fingerprint density at radius 2 is 1.93 bits per heavy atom. The molecule has 0 saturated heterocycles. The predicted octanol–water partition coefficient (Wildman–Crippen LogP) is 1.35. The number of nitriles is 2. The second-order valence-corrected chi connectivity index (χ2v) is 7.86. The summed E-state index contributed by atoms with van der Waals surface area (Å²) in [5.41, 5.74) is 6.00. The van der Waals surface area contributed by atoms with Crippen LogP contribution in [0.3, 0.4) is 0 Å². The van der Waals surface area contributed by atoms with E-state index < -0.39 is 26.3 Å². The van der Waals surface area contributed by atoms with Crippen molar-refractivity contribution in [3.05, 3.63) is 41.0 Å². The van der Waals surface area contributed by atoms with Crippen molar-refractivity contribution < 1.29 is 21.6 Å². The van der Waals surface area contributed by atoms with Crippen LogP contribution < -0.4 is 22.1 Å². The first-order chi connectivity index (χ1) is 14.0. The monoisotopic (exact) mass is 436 g/mol. The summed E-state index contributed by atoms with van der Waals surface area (Å²) in [6.45, 7) is 0. The maximum Gasteiger partial charge on any atom is 0.501 e. The Morgan fingerprint density at radius 1 is 1.23 bits per heavy atom. The largest absolute Gasteiger partial charge is 0.501 e. The predicted molar refractivity (Wildman–Crippen MR) is 99.1 cm³/mol. The molecule has 0 bridgehead atoms. The molecular formula is C16H11F3N8O2S. The van der Waals surface area contributed by atoms with Gasteiger partial charge in [-0.05, 0) is 17.7 Å². The van der Waals surface area contributed by atoms with Crippen molar-refractivity contribution >= 4 is 33.1 Å². The van der Waals surface area contributed by atoms with Crippen molar-refractivity contribution in [2.45, 2.75) is 16.4 Å². The molecule has 0 amide bonds. The van der Waals surface area contributed by atoms with Gasteiger partial charge in [-0.1, -0.05) is 12.1 Å². The van der Waals surface area contributed by atoms with Gasteiger partial charge in [0.15, 0.2) is 6.19 Å². The van der Waals surface area contributed by atoms with Crippen LogP contribution in [-0.2, 0) is 9.84 Å². The van der Waals surface area contributed by atoms with Crippen molar-refractivity contribution in [1.82, 2.24) is 10.3 Å². The maximum absolute atomic E-state index is 13.0. The van der Waals surface area contributed by atoms with Gasteiger partial charge in [0.1, 0.15) is 29.3 Å². The number of hydrogen-bond acceptors (Lipinski definition) is 10. The van der Waals surface area contributed by atoms with Gasteiger partial charge in [0.05, 0.1) is 10.6 Å². The number of aromatic nitrogens is 1. The number of sulfone groups is 1. The molecule has 10 nitrogen and oxygen atoms in total. The van der Waals surface area contributed by atoms with Crippen LogP contribution in [0.2, 0.25) is 0 Å². The van der Waals surface area contributed by atoms with E-state index in [-0.39, 0.29) is 40.0 Å². The number of nitrogens with one attached hydrogen (secondary N) is 2. The number of aliphatic imine (C=N–C) groups is 1. The lowest BCUT2D eigenvalue weighted by molar-refractivity contribution is -0.0436. The minimum Gasteiger partial charge on any atom is -0.397 e. The molecule has 0 radical (unpaired) electrons. The van der Waals surface area contributed by atoms with Gasteiger partial charge in [-0.15, -0.1) is 0 Å². The fraction of sp³-hybridized carbons (Fsp3) is 0.125. The van der Waals surface area contributed by atoms with Crippen molar-refractivity contribution in [3.8, 4) is 12.3 Å². The van der Waals surface area contributed by atoms with Crippen LogP contribution >= 0.6 is 0 Å². The van der Waals surface area contributed by atoms with E-state index in [4.69, 9.17) is 16.7 Å². The summed E-state index contributed by atoms with van der Waals surface area (Å²) >= 11 is 0. The molecule has 0 spiro atoms.